The first-order chi connectivity index (χ1) is 18.8. The van der Waals surface area contributed by atoms with E-state index in [-0.39, 0.29) is 17.7 Å². The summed E-state index contributed by atoms with van der Waals surface area (Å²) in [5.74, 6) is 0.648. The van der Waals surface area contributed by atoms with Gasteiger partial charge in [-0.05, 0) is 37.5 Å². The lowest BCUT2D eigenvalue weighted by Gasteiger charge is -2.41. The number of amides is 2. The van der Waals surface area contributed by atoms with Gasteiger partial charge in [-0.2, -0.15) is 5.10 Å². The van der Waals surface area contributed by atoms with Crippen molar-refractivity contribution in [3.05, 3.63) is 28.2 Å². The number of piperazine rings is 1. The predicted octanol–water partition coefficient (Wildman–Crippen LogP) is 4.23. The van der Waals surface area contributed by atoms with E-state index in [2.05, 4.69) is 51.5 Å². The average molecular weight is 694 g/mol. The standard InChI is InChI=1S/C25H36Cl2IN7O2.C2H6/c1-18-16-35(20-4-5-21(26)22(27)15-20)31-25(18)30-23(36)3-2-8-29-24(37)17-32-11-13-33(14-12-32)19-6-9-34(28)10-7-19;1-2/h4-5,15,18-19H,2-3,6-14,16-17H2,1H3,(H,29,37)(H,30,31,36);1-2H3. The van der Waals surface area contributed by atoms with Crippen molar-refractivity contribution in [2.45, 2.75) is 52.5 Å². The summed E-state index contributed by atoms with van der Waals surface area (Å²) in [5.41, 5.74) is 0.830. The van der Waals surface area contributed by atoms with Crippen LogP contribution in [-0.2, 0) is 9.59 Å². The summed E-state index contributed by atoms with van der Waals surface area (Å²) in [7, 11) is 0. The number of nitrogens with one attached hydrogen (secondary N) is 2. The molecule has 1 aromatic rings. The summed E-state index contributed by atoms with van der Waals surface area (Å²) in [6.45, 7) is 13.8. The van der Waals surface area contributed by atoms with Crippen LogP contribution in [0.4, 0.5) is 5.69 Å². The Kier molecular flexibility index (Phi) is 13.5. The largest absolute Gasteiger partial charge is 0.355 e. The number of rotatable bonds is 8. The minimum Gasteiger partial charge on any atom is -0.355 e. The first-order valence-corrected chi connectivity index (χ1v) is 15.8. The van der Waals surface area contributed by atoms with Gasteiger partial charge in [0, 0.05) is 87.1 Å². The van der Waals surface area contributed by atoms with Gasteiger partial charge in [0.1, 0.15) is 5.84 Å². The second-order valence-corrected chi connectivity index (χ2v) is 12.2. The highest BCUT2D eigenvalue weighted by Crippen LogP contribution is 2.29. The monoisotopic (exact) mass is 693 g/mol. The number of hydrogen-bond acceptors (Lipinski definition) is 7. The van der Waals surface area contributed by atoms with Crippen molar-refractivity contribution in [3.8, 4) is 0 Å². The number of halogens is 3. The molecule has 2 amide bonds. The van der Waals surface area contributed by atoms with Crippen LogP contribution in [0, 0.1) is 5.92 Å². The van der Waals surface area contributed by atoms with Gasteiger partial charge in [-0.15, -0.1) is 0 Å². The number of amidine groups is 1. The van der Waals surface area contributed by atoms with Crippen LogP contribution in [-0.4, -0.2) is 95.5 Å². The normalized spacial score (nSPS) is 21.2. The summed E-state index contributed by atoms with van der Waals surface area (Å²) in [6.07, 6.45) is 3.38. The van der Waals surface area contributed by atoms with Crippen molar-refractivity contribution in [2.24, 2.45) is 11.0 Å². The van der Waals surface area contributed by atoms with Gasteiger partial charge in [0.2, 0.25) is 11.8 Å². The Morgan fingerprint density at radius 3 is 2.38 bits per heavy atom. The third-order valence-corrected chi connectivity index (χ3v) is 8.92. The zero-order valence-electron chi connectivity index (χ0n) is 23.3. The van der Waals surface area contributed by atoms with E-state index in [1.165, 1.54) is 12.8 Å². The quantitative estimate of drug-likeness (QED) is 0.241. The van der Waals surface area contributed by atoms with Crippen molar-refractivity contribution in [2.75, 3.05) is 63.9 Å². The van der Waals surface area contributed by atoms with Gasteiger partial charge in [0.05, 0.1) is 28.8 Å². The Morgan fingerprint density at radius 2 is 1.72 bits per heavy atom. The Hall–Kier alpha value is -1.18. The van der Waals surface area contributed by atoms with Crippen LogP contribution in [0.2, 0.25) is 10.0 Å². The molecule has 1 aromatic carbocycles. The molecule has 0 bridgehead atoms. The summed E-state index contributed by atoms with van der Waals surface area (Å²) in [6, 6.07) is 6.04. The van der Waals surface area contributed by atoms with Gasteiger partial charge < -0.3 is 10.6 Å². The number of hydrogen-bond donors (Lipinski definition) is 2. The molecule has 3 aliphatic heterocycles. The third kappa shape index (κ3) is 10.00. The highest BCUT2D eigenvalue weighted by molar-refractivity contribution is 14.1. The second-order valence-electron chi connectivity index (χ2n) is 10.0. The molecular weight excluding hydrogens is 652 g/mol. The summed E-state index contributed by atoms with van der Waals surface area (Å²) in [4.78, 5) is 29.7. The molecule has 2 fully saturated rings. The number of hydrazone groups is 1. The minimum absolute atomic E-state index is 0.0261. The molecule has 0 radical (unpaired) electrons. The van der Waals surface area contributed by atoms with E-state index in [4.69, 9.17) is 23.2 Å². The molecule has 2 saturated heterocycles. The molecule has 2 N–H and O–H groups in total. The van der Waals surface area contributed by atoms with Crippen molar-refractivity contribution in [3.63, 3.8) is 0 Å². The lowest BCUT2D eigenvalue weighted by Crippen LogP contribution is -2.54. The fraction of sp³-hybridized carbons (Fsp3) is 0.667. The van der Waals surface area contributed by atoms with Crippen LogP contribution in [0.15, 0.2) is 23.3 Å². The molecule has 1 atom stereocenters. The molecule has 3 aliphatic rings. The molecule has 39 heavy (non-hydrogen) atoms. The van der Waals surface area contributed by atoms with Crippen LogP contribution in [0.5, 0.6) is 0 Å². The Morgan fingerprint density at radius 1 is 1.03 bits per heavy atom. The number of anilines is 1. The molecular formula is C27H42Cl2IN7O2. The van der Waals surface area contributed by atoms with Gasteiger partial charge in [-0.3, -0.25) is 24.4 Å². The molecule has 218 valence electrons. The maximum Gasteiger partial charge on any atom is 0.234 e. The first kappa shape index (κ1) is 32.3. The summed E-state index contributed by atoms with van der Waals surface area (Å²) < 4.78 is 2.37. The Bertz CT molecular complexity index is 983. The van der Waals surface area contributed by atoms with Crippen LogP contribution in [0.3, 0.4) is 0 Å². The molecule has 1 unspecified atom stereocenters. The molecule has 4 rings (SSSR count). The van der Waals surface area contributed by atoms with Crippen LogP contribution in [0.25, 0.3) is 0 Å². The topological polar surface area (TPSA) is 83.5 Å². The molecule has 3 heterocycles. The van der Waals surface area contributed by atoms with E-state index >= 15 is 0 Å². The number of benzene rings is 1. The molecule has 0 aliphatic carbocycles. The summed E-state index contributed by atoms with van der Waals surface area (Å²) in [5, 5.41) is 13.2. The number of piperidine rings is 1. The molecule has 12 heteroatoms. The predicted molar refractivity (Wildman–Crippen MR) is 169 cm³/mol. The minimum atomic E-state index is -0.0969. The van der Waals surface area contributed by atoms with Crippen LogP contribution < -0.4 is 15.6 Å². The number of carbonyl (C=O) groups is 2. The van der Waals surface area contributed by atoms with Gasteiger partial charge in [-0.1, -0.05) is 44.0 Å². The highest BCUT2D eigenvalue weighted by atomic mass is 127. The van der Waals surface area contributed by atoms with E-state index in [0.717, 1.165) is 45.0 Å². The molecule has 0 spiro atoms. The lowest BCUT2D eigenvalue weighted by atomic mass is 10.0. The van der Waals surface area contributed by atoms with Gasteiger partial charge >= 0.3 is 0 Å². The second kappa shape index (κ2) is 16.3. The van der Waals surface area contributed by atoms with Crippen molar-refractivity contribution in [1.29, 1.82) is 0 Å². The zero-order valence-corrected chi connectivity index (χ0v) is 26.9. The molecule has 9 nitrogen and oxygen atoms in total. The third-order valence-electron chi connectivity index (χ3n) is 7.21. The number of nitrogens with zero attached hydrogens (tertiary/aromatic N) is 5. The Balaban J connectivity index is 0.00000205. The first-order valence-electron chi connectivity index (χ1n) is 14.0. The number of carbonyl (C=O) groups excluding carboxylic acids is 2. The van der Waals surface area contributed by atoms with E-state index < -0.39 is 0 Å². The van der Waals surface area contributed by atoms with E-state index in [9.17, 15) is 9.59 Å². The SMILES string of the molecule is CC.CC1CN(c2ccc(Cl)c(Cl)c2)N=C1NC(=O)CCCNC(=O)CN1CCN(C2CCN(I)CC2)CC1. The van der Waals surface area contributed by atoms with Crippen LogP contribution >= 0.6 is 46.1 Å². The summed E-state index contributed by atoms with van der Waals surface area (Å²) >= 11 is 14.5. The van der Waals surface area contributed by atoms with E-state index in [1.807, 2.05) is 31.8 Å². The highest BCUT2D eigenvalue weighted by Gasteiger charge is 2.28. The van der Waals surface area contributed by atoms with Crippen molar-refractivity contribution >= 4 is 69.4 Å². The molecule has 0 aromatic heterocycles. The van der Waals surface area contributed by atoms with Gasteiger partial charge in [0.25, 0.3) is 0 Å². The maximum absolute atomic E-state index is 12.4. The van der Waals surface area contributed by atoms with Crippen LogP contribution in [0.1, 0.15) is 46.5 Å². The van der Waals surface area contributed by atoms with Gasteiger partial charge in [0.15, 0.2) is 0 Å². The zero-order chi connectivity index (χ0) is 28.4. The molecule has 0 saturated carbocycles. The average Bonchev–Trinajstić information content (AvgIpc) is 3.30. The van der Waals surface area contributed by atoms with E-state index in [0.29, 0.717) is 54.4 Å². The lowest BCUT2D eigenvalue weighted by molar-refractivity contribution is -0.123. The fourth-order valence-electron chi connectivity index (χ4n) is 5.00. The Labute approximate surface area is 257 Å². The maximum atomic E-state index is 12.4. The van der Waals surface area contributed by atoms with E-state index in [1.54, 1.807) is 12.1 Å². The van der Waals surface area contributed by atoms with Crippen molar-refractivity contribution in [1.82, 2.24) is 23.5 Å². The smallest absolute Gasteiger partial charge is 0.234 e. The van der Waals surface area contributed by atoms with Gasteiger partial charge in [-0.25, -0.2) is 3.11 Å². The fourth-order valence-corrected chi connectivity index (χ4v) is 5.85. The van der Waals surface area contributed by atoms with Crippen molar-refractivity contribution < 1.29 is 9.59 Å².